The van der Waals surface area contributed by atoms with Crippen LogP contribution in [-0.4, -0.2) is 33.5 Å². The number of carbonyl (C=O) groups excluding carboxylic acids is 1. The Kier molecular flexibility index (Phi) is 4.65. The first kappa shape index (κ1) is 16.0. The van der Waals surface area contributed by atoms with Gasteiger partial charge in [-0.25, -0.2) is 8.42 Å². The van der Waals surface area contributed by atoms with Gasteiger partial charge in [-0.3, -0.25) is 9.52 Å². The Morgan fingerprint density at radius 3 is 2.83 bits per heavy atom. The van der Waals surface area contributed by atoms with Crippen LogP contribution in [0.1, 0.15) is 16.8 Å². The van der Waals surface area contributed by atoms with Gasteiger partial charge in [-0.05, 0) is 42.6 Å². The Bertz CT molecular complexity index is 782. The second-order valence-corrected chi connectivity index (χ2v) is 8.14. The molecule has 122 valence electrons. The van der Waals surface area contributed by atoms with Crippen LogP contribution in [0.25, 0.3) is 0 Å². The highest BCUT2D eigenvalue weighted by atomic mass is 32.2. The number of nitrogens with one attached hydrogen (secondary N) is 3. The largest absolute Gasteiger partial charge is 0.348 e. The predicted molar refractivity (Wildman–Crippen MR) is 90.3 cm³/mol. The Labute approximate surface area is 139 Å². The standard InChI is InChI=1S/C15H17N3O3S2/c19-15(17-13-6-7-16-10-13)11-3-1-4-12(9-11)18-23(20,21)14-5-2-8-22-14/h1-5,8-9,13,16,18H,6-7,10H2,(H,17,19). The van der Waals surface area contributed by atoms with E-state index in [-0.39, 0.29) is 16.2 Å². The lowest BCUT2D eigenvalue weighted by molar-refractivity contribution is 0.0940. The molecule has 1 unspecified atom stereocenters. The monoisotopic (exact) mass is 351 g/mol. The van der Waals surface area contributed by atoms with Crippen LogP contribution in [0.3, 0.4) is 0 Å². The predicted octanol–water partition coefficient (Wildman–Crippen LogP) is 1.64. The molecule has 1 fully saturated rings. The van der Waals surface area contributed by atoms with Crippen molar-refractivity contribution in [1.82, 2.24) is 10.6 Å². The summed E-state index contributed by atoms with van der Waals surface area (Å²) in [5.41, 5.74) is 0.805. The minimum absolute atomic E-state index is 0.119. The van der Waals surface area contributed by atoms with Crippen LogP contribution in [0.15, 0.2) is 46.0 Å². The molecule has 8 heteroatoms. The fourth-order valence-electron chi connectivity index (χ4n) is 2.39. The number of anilines is 1. The molecular formula is C15H17N3O3S2. The molecule has 1 atom stereocenters. The lowest BCUT2D eigenvalue weighted by atomic mass is 10.1. The highest BCUT2D eigenvalue weighted by molar-refractivity contribution is 7.94. The van der Waals surface area contributed by atoms with Crippen LogP contribution in [0.4, 0.5) is 5.69 Å². The van der Waals surface area contributed by atoms with Crippen molar-refractivity contribution in [2.45, 2.75) is 16.7 Å². The highest BCUT2D eigenvalue weighted by Gasteiger charge is 2.19. The molecule has 2 heterocycles. The molecule has 6 nitrogen and oxygen atoms in total. The summed E-state index contributed by atoms with van der Waals surface area (Å²) in [6, 6.07) is 9.83. The van der Waals surface area contributed by atoms with Gasteiger partial charge in [0.05, 0.1) is 0 Å². The molecule has 0 bridgehead atoms. The van der Waals surface area contributed by atoms with Crippen LogP contribution in [0.5, 0.6) is 0 Å². The van der Waals surface area contributed by atoms with Crippen molar-refractivity contribution < 1.29 is 13.2 Å². The topological polar surface area (TPSA) is 87.3 Å². The number of carbonyl (C=O) groups is 1. The van der Waals surface area contributed by atoms with Gasteiger partial charge in [-0.2, -0.15) is 0 Å². The van der Waals surface area contributed by atoms with Gasteiger partial charge >= 0.3 is 0 Å². The van der Waals surface area contributed by atoms with E-state index in [0.717, 1.165) is 30.8 Å². The van der Waals surface area contributed by atoms with Crippen LogP contribution in [0.2, 0.25) is 0 Å². The molecular weight excluding hydrogens is 334 g/mol. The van der Waals surface area contributed by atoms with E-state index in [2.05, 4.69) is 15.4 Å². The van der Waals surface area contributed by atoms with Gasteiger partial charge in [0, 0.05) is 23.8 Å². The lowest BCUT2D eigenvalue weighted by Crippen LogP contribution is -2.36. The van der Waals surface area contributed by atoms with Crippen LogP contribution in [-0.2, 0) is 10.0 Å². The summed E-state index contributed by atoms with van der Waals surface area (Å²) >= 11 is 1.14. The SMILES string of the molecule is O=C(NC1CCNC1)c1cccc(NS(=O)(=O)c2cccs2)c1. The fourth-order valence-corrected chi connectivity index (χ4v) is 4.43. The van der Waals surface area contributed by atoms with Crippen molar-refractivity contribution in [2.75, 3.05) is 17.8 Å². The number of hydrogen-bond donors (Lipinski definition) is 3. The second-order valence-electron chi connectivity index (χ2n) is 5.28. The molecule has 1 amide bonds. The number of benzene rings is 1. The van der Waals surface area contributed by atoms with E-state index in [1.165, 1.54) is 6.07 Å². The van der Waals surface area contributed by atoms with Crippen molar-refractivity contribution in [3.05, 3.63) is 47.3 Å². The van der Waals surface area contributed by atoms with Crippen molar-refractivity contribution in [3.63, 3.8) is 0 Å². The first-order valence-electron chi connectivity index (χ1n) is 7.22. The quantitative estimate of drug-likeness (QED) is 0.764. The normalized spacial score (nSPS) is 17.8. The zero-order valence-corrected chi connectivity index (χ0v) is 13.9. The van der Waals surface area contributed by atoms with Crippen molar-refractivity contribution in [1.29, 1.82) is 0 Å². The van der Waals surface area contributed by atoms with E-state index in [0.29, 0.717) is 11.3 Å². The van der Waals surface area contributed by atoms with E-state index in [9.17, 15) is 13.2 Å². The van der Waals surface area contributed by atoms with Crippen LogP contribution in [0, 0.1) is 0 Å². The first-order valence-corrected chi connectivity index (χ1v) is 9.59. The maximum Gasteiger partial charge on any atom is 0.271 e. The zero-order valence-electron chi connectivity index (χ0n) is 12.3. The molecule has 0 radical (unpaired) electrons. The average molecular weight is 351 g/mol. The Morgan fingerprint density at radius 1 is 1.26 bits per heavy atom. The van der Waals surface area contributed by atoms with Gasteiger partial charge in [-0.1, -0.05) is 12.1 Å². The summed E-state index contributed by atoms with van der Waals surface area (Å²) in [7, 11) is -3.61. The fraction of sp³-hybridized carbons (Fsp3) is 0.267. The van der Waals surface area contributed by atoms with Gasteiger partial charge in [0.25, 0.3) is 15.9 Å². The molecule has 1 aliphatic heterocycles. The molecule has 3 N–H and O–H groups in total. The number of hydrogen-bond acceptors (Lipinski definition) is 5. The van der Waals surface area contributed by atoms with Gasteiger partial charge in [0.15, 0.2) is 0 Å². The molecule has 2 aromatic rings. The van der Waals surface area contributed by atoms with E-state index in [4.69, 9.17) is 0 Å². The third-order valence-corrected chi connectivity index (χ3v) is 6.31. The Balaban J connectivity index is 1.73. The molecule has 1 aliphatic rings. The van der Waals surface area contributed by atoms with Gasteiger partial charge in [0.1, 0.15) is 4.21 Å². The summed E-state index contributed by atoms with van der Waals surface area (Å²) in [5, 5.41) is 7.82. The van der Waals surface area contributed by atoms with Crippen molar-refractivity contribution >= 4 is 33.0 Å². The maximum atomic E-state index is 12.2. The molecule has 1 saturated heterocycles. The first-order chi connectivity index (χ1) is 11.0. The smallest absolute Gasteiger partial charge is 0.271 e. The third kappa shape index (κ3) is 3.90. The molecule has 0 spiro atoms. The summed E-state index contributed by atoms with van der Waals surface area (Å²) in [5.74, 6) is -0.198. The van der Waals surface area contributed by atoms with E-state index < -0.39 is 10.0 Å². The molecule has 3 rings (SSSR count). The minimum atomic E-state index is -3.61. The Morgan fingerprint density at radius 2 is 2.13 bits per heavy atom. The van der Waals surface area contributed by atoms with Crippen LogP contribution < -0.4 is 15.4 Å². The number of sulfonamides is 1. The van der Waals surface area contributed by atoms with E-state index >= 15 is 0 Å². The number of amides is 1. The molecule has 0 aliphatic carbocycles. The van der Waals surface area contributed by atoms with Gasteiger partial charge in [-0.15, -0.1) is 11.3 Å². The molecule has 23 heavy (non-hydrogen) atoms. The number of thiophene rings is 1. The van der Waals surface area contributed by atoms with Gasteiger partial charge < -0.3 is 10.6 Å². The maximum absolute atomic E-state index is 12.2. The zero-order chi connectivity index (χ0) is 16.3. The third-order valence-electron chi connectivity index (χ3n) is 3.53. The summed E-state index contributed by atoms with van der Waals surface area (Å²) in [4.78, 5) is 12.2. The van der Waals surface area contributed by atoms with Crippen LogP contribution >= 0.6 is 11.3 Å². The Hall–Kier alpha value is -1.90. The van der Waals surface area contributed by atoms with E-state index in [1.54, 1.807) is 35.7 Å². The summed E-state index contributed by atoms with van der Waals surface area (Å²) in [6.07, 6.45) is 0.899. The highest BCUT2D eigenvalue weighted by Crippen LogP contribution is 2.20. The van der Waals surface area contributed by atoms with Crippen molar-refractivity contribution in [3.8, 4) is 0 Å². The minimum Gasteiger partial charge on any atom is -0.348 e. The van der Waals surface area contributed by atoms with Gasteiger partial charge in [0.2, 0.25) is 0 Å². The molecule has 1 aromatic carbocycles. The molecule has 0 saturated carbocycles. The lowest BCUT2D eigenvalue weighted by Gasteiger charge is -2.12. The summed E-state index contributed by atoms with van der Waals surface area (Å²) in [6.45, 7) is 1.65. The van der Waals surface area contributed by atoms with E-state index in [1.807, 2.05) is 0 Å². The second kappa shape index (κ2) is 6.69. The molecule has 1 aromatic heterocycles. The van der Waals surface area contributed by atoms with Crippen molar-refractivity contribution in [2.24, 2.45) is 0 Å². The number of rotatable bonds is 5. The summed E-state index contributed by atoms with van der Waals surface area (Å²) < 4.78 is 27.2. The average Bonchev–Trinajstić information content (AvgIpc) is 3.20.